The minimum atomic E-state index is -1.01. The molecule has 3 unspecified atom stereocenters. The van der Waals surface area contributed by atoms with E-state index < -0.39 is 41.9 Å². The van der Waals surface area contributed by atoms with Crippen LogP contribution < -0.4 is 16.4 Å². The van der Waals surface area contributed by atoms with Gasteiger partial charge in [-0.2, -0.15) is 0 Å². The van der Waals surface area contributed by atoms with Gasteiger partial charge in [0, 0.05) is 36.1 Å². The number of amides is 5. The average molecular weight is 498 g/mol. The number of anilines is 1. The number of nitrogens with zero attached hydrogens (tertiary/aromatic N) is 4. The smallest absolute Gasteiger partial charge is 0.319 e. The van der Waals surface area contributed by atoms with Gasteiger partial charge in [0.15, 0.2) is 0 Å². The number of likely N-dealkylation sites (tertiary alicyclic amines) is 2. The van der Waals surface area contributed by atoms with Gasteiger partial charge in [0.05, 0.1) is 12.2 Å². The Balaban J connectivity index is 1.56. The standard InChI is InChI=1S/C23H27N7O4S/c1-35-15-5-2-4-14(12-15)27-23(34)28-16-7-11-30(21(32)17-13-25-8-9-26-17)19(16)22(33)29-10-3-6-18(29)20(24)31/h2,4-5,8-9,12-13,16,18-19H,3,6-7,10-11H2,1H3,(H2,24,31)(H2,27,28,34). The summed E-state index contributed by atoms with van der Waals surface area (Å²) in [4.78, 5) is 63.4. The summed E-state index contributed by atoms with van der Waals surface area (Å²) in [6.07, 6.45) is 7.58. The van der Waals surface area contributed by atoms with Gasteiger partial charge in [-0.25, -0.2) is 9.78 Å². The Labute approximate surface area is 206 Å². The summed E-state index contributed by atoms with van der Waals surface area (Å²) < 4.78 is 0. The first kappa shape index (κ1) is 24.5. The number of nitrogens with two attached hydrogens (primary N) is 1. The highest BCUT2D eigenvalue weighted by Gasteiger charge is 2.47. The molecular formula is C23H27N7O4S. The van der Waals surface area contributed by atoms with Gasteiger partial charge in [-0.15, -0.1) is 11.8 Å². The molecule has 3 heterocycles. The van der Waals surface area contributed by atoms with Crippen molar-refractivity contribution in [2.45, 2.75) is 42.3 Å². The van der Waals surface area contributed by atoms with E-state index in [0.717, 1.165) is 4.90 Å². The van der Waals surface area contributed by atoms with Crippen LogP contribution in [0.3, 0.4) is 0 Å². The second-order valence-corrected chi connectivity index (χ2v) is 9.23. The third-order valence-electron chi connectivity index (χ3n) is 6.20. The van der Waals surface area contributed by atoms with Crippen molar-refractivity contribution in [1.29, 1.82) is 0 Å². The number of carbonyl (C=O) groups is 4. The minimum absolute atomic E-state index is 0.0946. The number of nitrogens with one attached hydrogen (secondary N) is 2. The maximum atomic E-state index is 13.7. The van der Waals surface area contributed by atoms with Gasteiger partial charge in [0.25, 0.3) is 5.91 Å². The molecule has 2 aromatic rings. The van der Waals surface area contributed by atoms with Gasteiger partial charge >= 0.3 is 6.03 Å². The highest BCUT2D eigenvalue weighted by atomic mass is 32.2. The number of urea groups is 1. The number of benzene rings is 1. The van der Waals surface area contributed by atoms with Crippen molar-refractivity contribution in [2.24, 2.45) is 5.73 Å². The molecule has 0 radical (unpaired) electrons. The molecule has 2 aliphatic rings. The lowest BCUT2D eigenvalue weighted by Gasteiger charge is -2.32. The van der Waals surface area contributed by atoms with E-state index in [0.29, 0.717) is 31.5 Å². The van der Waals surface area contributed by atoms with Gasteiger partial charge in [-0.3, -0.25) is 19.4 Å². The first-order valence-corrected chi connectivity index (χ1v) is 12.5. The number of aromatic nitrogens is 2. The van der Waals surface area contributed by atoms with Crippen LogP contribution >= 0.6 is 11.8 Å². The molecule has 2 fully saturated rings. The SMILES string of the molecule is CSc1cccc(NC(=O)NC2CCN(C(=O)c3cnccn3)C2C(=O)N2CCCC2C(N)=O)c1. The zero-order valence-corrected chi connectivity index (χ0v) is 20.0. The van der Waals surface area contributed by atoms with Gasteiger partial charge in [-0.1, -0.05) is 6.07 Å². The number of primary amides is 1. The summed E-state index contributed by atoms with van der Waals surface area (Å²) in [5, 5.41) is 5.64. The van der Waals surface area contributed by atoms with Crippen LogP contribution in [0.15, 0.2) is 47.8 Å². The van der Waals surface area contributed by atoms with Crippen molar-refractivity contribution in [2.75, 3.05) is 24.7 Å². The van der Waals surface area contributed by atoms with E-state index >= 15 is 0 Å². The molecule has 2 aliphatic heterocycles. The Morgan fingerprint density at radius 1 is 1.11 bits per heavy atom. The van der Waals surface area contributed by atoms with Crippen LogP contribution in [0.5, 0.6) is 0 Å². The van der Waals surface area contributed by atoms with Crippen LogP contribution in [-0.2, 0) is 9.59 Å². The Morgan fingerprint density at radius 2 is 1.94 bits per heavy atom. The van der Waals surface area contributed by atoms with Crippen LogP contribution in [0.4, 0.5) is 10.5 Å². The van der Waals surface area contributed by atoms with Crippen LogP contribution in [0.2, 0.25) is 0 Å². The highest BCUT2D eigenvalue weighted by Crippen LogP contribution is 2.27. The molecule has 1 aromatic carbocycles. The van der Waals surface area contributed by atoms with Gasteiger partial charge < -0.3 is 26.2 Å². The lowest BCUT2D eigenvalue weighted by atomic mass is 10.1. The second kappa shape index (κ2) is 10.7. The van der Waals surface area contributed by atoms with Crippen LogP contribution in [0, 0.1) is 0 Å². The molecule has 4 N–H and O–H groups in total. The monoisotopic (exact) mass is 497 g/mol. The second-order valence-electron chi connectivity index (χ2n) is 8.35. The largest absolute Gasteiger partial charge is 0.368 e. The molecule has 1 aromatic heterocycles. The summed E-state index contributed by atoms with van der Waals surface area (Å²) in [5.41, 5.74) is 6.22. The molecule has 3 atom stereocenters. The fourth-order valence-corrected chi connectivity index (χ4v) is 5.03. The fraction of sp³-hybridized carbons (Fsp3) is 0.391. The topological polar surface area (TPSA) is 151 Å². The molecule has 0 saturated carbocycles. The number of thioether (sulfide) groups is 1. The molecule has 5 amide bonds. The predicted molar refractivity (Wildman–Crippen MR) is 130 cm³/mol. The van der Waals surface area contributed by atoms with Crippen LogP contribution in [0.25, 0.3) is 0 Å². The summed E-state index contributed by atoms with van der Waals surface area (Å²) in [6.45, 7) is 0.588. The van der Waals surface area contributed by atoms with Gasteiger partial charge in [-0.05, 0) is 43.7 Å². The predicted octanol–water partition coefficient (Wildman–Crippen LogP) is 1.08. The quantitative estimate of drug-likeness (QED) is 0.505. The summed E-state index contributed by atoms with van der Waals surface area (Å²) >= 11 is 1.55. The van der Waals surface area contributed by atoms with E-state index in [4.69, 9.17) is 5.73 Å². The molecule has 11 nitrogen and oxygen atoms in total. The molecule has 184 valence electrons. The number of rotatable bonds is 6. The van der Waals surface area contributed by atoms with Crippen molar-refractivity contribution in [3.05, 3.63) is 48.5 Å². The first-order valence-electron chi connectivity index (χ1n) is 11.3. The Bertz CT molecular complexity index is 1120. The molecule has 0 spiro atoms. The zero-order chi connectivity index (χ0) is 24.9. The maximum Gasteiger partial charge on any atom is 0.319 e. The van der Waals surface area contributed by atoms with E-state index in [-0.39, 0.29) is 12.2 Å². The van der Waals surface area contributed by atoms with Crippen molar-refractivity contribution < 1.29 is 19.2 Å². The average Bonchev–Trinajstić information content (AvgIpc) is 3.51. The lowest BCUT2D eigenvalue weighted by Crippen LogP contribution is -2.58. The summed E-state index contributed by atoms with van der Waals surface area (Å²) in [6, 6.07) is 4.47. The molecule has 0 bridgehead atoms. The number of hydrogen-bond donors (Lipinski definition) is 3. The maximum absolute atomic E-state index is 13.7. The fourth-order valence-electron chi connectivity index (χ4n) is 4.57. The van der Waals surface area contributed by atoms with E-state index in [9.17, 15) is 19.2 Å². The Morgan fingerprint density at radius 3 is 2.66 bits per heavy atom. The van der Waals surface area contributed by atoms with E-state index in [2.05, 4.69) is 20.6 Å². The third-order valence-corrected chi connectivity index (χ3v) is 6.93. The number of hydrogen-bond acceptors (Lipinski definition) is 7. The summed E-state index contributed by atoms with van der Waals surface area (Å²) in [5.74, 6) is -1.48. The van der Waals surface area contributed by atoms with Gasteiger partial charge in [0.1, 0.15) is 17.8 Å². The normalized spacial score (nSPS) is 21.6. The highest BCUT2D eigenvalue weighted by molar-refractivity contribution is 7.98. The molecule has 4 rings (SSSR count). The minimum Gasteiger partial charge on any atom is -0.368 e. The number of carbonyl (C=O) groups excluding carboxylic acids is 4. The molecule has 2 saturated heterocycles. The van der Waals surface area contributed by atoms with Crippen molar-refractivity contribution in [3.8, 4) is 0 Å². The zero-order valence-electron chi connectivity index (χ0n) is 19.2. The first-order chi connectivity index (χ1) is 16.9. The van der Waals surface area contributed by atoms with Gasteiger partial charge in [0.2, 0.25) is 11.8 Å². The Hall–Kier alpha value is -3.67. The van der Waals surface area contributed by atoms with Crippen LogP contribution in [-0.4, -0.2) is 81.0 Å². The van der Waals surface area contributed by atoms with E-state index in [1.165, 1.54) is 28.4 Å². The summed E-state index contributed by atoms with van der Waals surface area (Å²) in [7, 11) is 0. The van der Waals surface area contributed by atoms with Crippen LogP contribution in [0.1, 0.15) is 29.8 Å². The Kier molecular flexibility index (Phi) is 7.49. The molecule has 0 aliphatic carbocycles. The van der Waals surface area contributed by atoms with Crippen molar-refractivity contribution in [3.63, 3.8) is 0 Å². The van der Waals surface area contributed by atoms with E-state index in [1.54, 1.807) is 17.8 Å². The third kappa shape index (κ3) is 5.37. The molecule has 12 heteroatoms. The lowest BCUT2D eigenvalue weighted by molar-refractivity contribution is -0.140. The van der Waals surface area contributed by atoms with E-state index in [1.807, 2.05) is 24.5 Å². The van der Waals surface area contributed by atoms with Crippen molar-refractivity contribution >= 4 is 41.2 Å². The molecular weight excluding hydrogens is 470 g/mol. The van der Waals surface area contributed by atoms with Crippen molar-refractivity contribution in [1.82, 2.24) is 25.1 Å². The molecule has 35 heavy (non-hydrogen) atoms.